The molecule has 0 aliphatic carbocycles. The molecule has 0 bridgehead atoms. The van der Waals surface area contributed by atoms with E-state index >= 15 is 0 Å². The van der Waals surface area contributed by atoms with Gasteiger partial charge in [0.25, 0.3) is 11.1 Å². The van der Waals surface area contributed by atoms with E-state index in [0.29, 0.717) is 20.5 Å². The first-order valence-corrected chi connectivity index (χ1v) is 9.15. The van der Waals surface area contributed by atoms with Crippen molar-refractivity contribution in [1.82, 2.24) is 4.90 Å². The normalized spacial score (nSPS) is 16.7. The summed E-state index contributed by atoms with van der Waals surface area (Å²) in [6.07, 6.45) is 1.76. The highest BCUT2D eigenvalue weighted by Gasteiger charge is 2.35. The summed E-state index contributed by atoms with van der Waals surface area (Å²) < 4.78 is 0. The van der Waals surface area contributed by atoms with Gasteiger partial charge in [0, 0.05) is 20.5 Å². The standard InChI is InChI=1S/C16H11Cl2NO2S2/c1-9-5-6-22-13(9)7-14-15(20)19(16(21)23-14)8-10-11(17)3-2-4-12(10)18/h2-7H,8H2,1H3. The van der Waals surface area contributed by atoms with Crippen LogP contribution in [-0.2, 0) is 11.3 Å². The molecule has 0 spiro atoms. The van der Waals surface area contributed by atoms with Gasteiger partial charge in [0.2, 0.25) is 0 Å². The summed E-state index contributed by atoms with van der Waals surface area (Å²) in [6.45, 7) is 2.04. The van der Waals surface area contributed by atoms with Crippen LogP contribution in [0.15, 0.2) is 34.6 Å². The second-order valence-corrected chi connectivity index (χ2v) is 7.69. The Morgan fingerprint density at radius 3 is 2.48 bits per heavy atom. The zero-order valence-corrected chi connectivity index (χ0v) is 15.2. The predicted octanol–water partition coefficient (Wildman–Crippen LogP) is 5.60. The minimum absolute atomic E-state index is 0.0733. The fourth-order valence-electron chi connectivity index (χ4n) is 2.13. The molecule has 1 aromatic carbocycles. The Morgan fingerprint density at radius 1 is 1.17 bits per heavy atom. The summed E-state index contributed by atoms with van der Waals surface area (Å²) in [5.41, 5.74) is 1.66. The number of thiophene rings is 1. The SMILES string of the molecule is Cc1ccsc1C=C1SC(=O)N(Cc2c(Cl)cccc2Cl)C1=O. The van der Waals surface area contributed by atoms with E-state index in [2.05, 4.69) is 0 Å². The number of rotatable bonds is 3. The van der Waals surface area contributed by atoms with Crippen molar-refractivity contribution in [3.8, 4) is 0 Å². The van der Waals surface area contributed by atoms with Gasteiger partial charge in [-0.2, -0.15) is 0 Å². The van der Waals surface area contributed by atoms with Gasteiger partial charge in [0.1, 0.15) is 0 Å². The van der Waals surface area contributed by atoms with Gasteiger partial charge in [-0.25, -0.2) is 0 Å². The number of thioether (sulfide) groups is 1. The Labute approximate surface area is 151 Å². The summed E-state index contributed by atoms with van der Waals surface area (Å²) in [6, 6.07) is 7.07. The maximum absolute atomic E-state index is 12.5. The van der Waals surface area contributed by atoms with Gasteiger partial charge in [0.15, 0.2) is 0 Å². The molecule has 0 unspecified atom stereocenters. The van der Waals surface area contributed by atoms with Crippen LogP contribution in [0.25, 0.3) is 6.08 Å². The molecule has 2 amide bonds. The lowest BCUT2D eigenvalue weighted by atomic mass is 10.2. The van der Waals surface area contributed by atoms with Crippen LogP contribution in [0.1, 0.15) is 16.0 Å². The van der Waals surface area contributed by atoms with Crippen LogP contribution in [0, 0.1) is 6.92 Å². The predicted molar refractivity (Wildman–Crippen MR) is 97.0 cm³/mol. The van der Waals surface area contributed by atoms with Gasteiger partial charge in [-0.05, 0) is 53.9 Å². The molecule has 0 N–H and O–H groups in total. The molecule has 2 heterocycles. The van der Waals surface area contributed by atoms with Crippen molar-refractivity contribution in [2.45, 2.75) is 13.5 Å². The first kappa shape index (κ1) is 16.6. The zero-order chi connectivity index (χ0) is 16.6. The second-order valence-electron chi connectivity index (χ2n) is 4.94. The lowest BCUT2D eigenvalue weighted by Crippen LogP contribution is -2.27. The highest BCUT2D eigenvalue weighted by atomic mass is 35.5. The van der Waals surface area contributed by atoms with E-state index in [9.17, 15) is 9.59 Å². The van der Waals surface area contributed by atoms with Crippen molar-refractivity contribution in [1.29, 1.82) is 0 Å². The smallest absolute Gasteiger partial charge is 0.268 e. The summed E-state index contributed by atoms with van der Waals surface area (Å²) in [7, 11) is 0. The number of nitrogens with zero attached hydrogens (tertiary/aromatic N) is 1. The molecular weight excluding hydrogens is 373 g/mol. The Balaban J connectivity index is 1.88. The number of amides is 2. The van der Waals surface area contributed by atoms with E-state index in [1.807, 2.05) is 18.4 Å². The van der Waals surface area contributed by atoms with Gasteiger partial charge in [-0.15, -0.1) is 11.3 Å². The first-order chi connectivity index (χ1) is 11.0. The van der Waals surface area contributed by atoms with Gasteiger partial charge < -0.3 is 0 Å². The molecule has 23 heavy (non-hydrogen) atoms. The van der Waals surface area contributed by atoms with E-state index in [4.69, 9.17) is 23.2 Å². The summed E-state index contributed by atoms with van der Waals surface area (Å²) in [4.78, 5) is 27.3. The number of carbonyl (C=O) groups is 2. The molecule has 0 radical (unpaired) electrons. The fourth-order valence-corrected chi connectivity index (χ4v) is 4.40. The molecule has 3 rings (SSSR count). The summed E-state index contributed by atoms with van der Waals surface area (Å²) >= 11 is 14.7. The van der Waals surface area contributed by atoms with Crippen LogP contribution in [0.5, 0.6) is 0 Å². The Morgan fingerprint density at radius 2 is 1.87 bits per heavy atom. The lowest BCUT2D eigenvalue weighted by molar-refractivity contribution is -0.123. The molecular formula is C16H11Cl2NO2S2. The van der Waals surface area contributed by atoms with E-state index in [-0.39, 0.29) is 17.7 Å². The van der Waals surface area contributed by atoms with Crippen LogP contribution in [0.3, 0.4) is 0 Å². The maximum Gasteiger partial charge on any atom is 0.293 e. The Bertz CT molecular complexity index is 809. The third-order valence-electron chi connectivity index (χ3n) is 3.42. The molecule has 1 saturated heterocycles. The van der Waals surface area contributed by atoms with Crippen molar-refractivity contribution in [2.24, 2.45) is 0 Å². The maximum atomic E-state index is 12.5. The van der Waals surface area contributed by atoms with Crippen LogP contribution in [0.2, 0.25) is 10.0 Å². The molecule has 0 atom stereocenters. The van der Waals surface area contributed by atoms with Crippen molar-refractivity contribution < 1.29 is 9.59 Å². The molecule has 1 aliphatic heterocycles. The lowest BCUT2D eigenvalue weighted by Gasteiger charge is -2.14. The first-order valence-electron chi connectivity index (χ1n) is 6.69. The topological polar surface area (TPSA) is 37.4 Å². The quantitative estimate of drug-likeness (QED) is 0.647. The number of carbonyl (C=O) groups excluding carboxylic acids is 2. The van der Waals surface area contributed by atoms with Crippen molar-refractivity contribution >= 4 is 63.5 Å². The minimum atomic E-state index is -0.316. The van der Waals surface area contributed by atoms with Crippen molar-refractivity contribution in [2.75, 3.05) is 0 Å². The van der Waals surface area contributed by atoms with Gasteiger partial charge in [0.05, 0.1) is 11.4 Å². The summed E-state index contributed by atoms with van der Waals surface area (Å²) in [5.74, 6) is -0.316. The third-order valence-corrected chi connectivity index (χ3v) is 6.00. The largest absolute Gasteiger partial charge is 0.293 e. The fraction of sp³-hybridized carbons (Fsp3) is 0.125. The Hall–Kier alpha value is -1.27. The number of hydrogen-bond acceptors (Lipinski definition) is 4. The van der Waals surface area contributed by atoms with Gasteiger partial charge in [-0.3, -0.25) is 14.5 Å². The van der Waals surface area contributed by atoms with E-state index in [1.54, 1.807) is 24.3 Å². The monoisotopic (exact) mass is 383 g/mol. The Kier molecular flexibility index (Phi) is 4.82. The number of halogens is 2. The summed E-state index contributed by atoms with van der Waals surface area (Å²) in [5, 5.41) is 2.52. The van der Waals surface area contributed by atoms with Gasteiger partial charge in [-0.1, -0.05) is 29.3 Å². The molecule has 0 saturated carbocycles. The van der Waals surface area contributed by atoms with E-state index < -0.39 is 0 Å². The molecule has 118 valence electrons. The minimum Gasteiger partial charge on any atom is -0.268 e. The van der Waals surface area contributed by atoms with Gasteiger partial charge >= 0.3 is 0 Å². The molecule has 1 fully saturated rings. The van der Waals surface area contributed by atoms with Crippen LogP contribution >= 0.6 is 46.3 Å². The molecule has 1 aromatic heterocycles. The highest BCUT2D eigenvalue weighted by molar-refractivity contribution is 8.18. The molecule has 3 nitrogen and oxygen atoms in total. The zero-order valence-electron chi connectivity index (χ0n) is 12.0. The van der Waals surface area contributed by atoms with Crippen molar-refractivity contribution in [3.63, 3.8) is 0 Å². The third kappa shape index (κ3) is 3.33. The second kappa shape index (κ2) is 6.69. The molecule has 1 aliphatic rings. The van der Waals surface area contributed by atoms with E-state index in [0.717, 1.165) is 22.2 Å². The van der Waals surface area contributed by atoms with Crippen LogP contribution in [-0.4, -0.2) is 16.0 Å². The van der Waals surface area contributed by atoms with E-state index in [1.165, 1.54) is 16.2 Å². The average Bonchev–Trinajstić information content (AvgIpc) is 3.01. The number of benzene rings is 1. The molecule has 2 aromatic rings. The molecule has 7 heteroatoms. The highest BCUT2D eigenvalue weighted by Crippen LogP contribution is 2.36. The van der Waals surface area contributed by atoms with Crippen LogP contribution < -0.4 is 0 Å². The van der Waals surface area contributed by atoms with Crippen LogP contribution in [0.4, 0.5) is 4.79 Å². The number of hydrogen-bond donors (Lipinski definition) is 0. The van der Waals surface area contributed by atoms with Crippen molar-refractivity contribution in [3.05, 3.63) is 60.6 Å². The number of imide groups is 1. The average molecular weight is 384 g/mol. The number of aryl methyl sites for hydroxylation is 1.